The van der Waals surface area contributed by atoms with Crippen LogP contribution in [0.2, 0.25) is 10.0 Å². The minimum Gasteiger partial charge on any atom is -0.368 e. The number of nitrogens with one attached hydrogen (secondary N) is 1. The fourth-order valence-corrected chi connectivity index (χ4v) is 3.43. The van der Waals surface area contributed by atoms with Gasteiger partial charge in [-0.1, -0.05) is 35.3 Å². The smallest absolute Gasteiger partial charge is 0.294 e. The average Bonchev–Trinajstić information content (AvgIpc) is 2.64. The normalized spacial score (nSPS) is 14.8. The monoisotopic (exact) mass is 408 g/mol. The number of halogens is 2. The standard InChI is InChI=1S/C18H18Cl2N4O3/c19-13-5-6-15(17(11-13)24(26)27)21-18(25)12-22-7-9-23(10-8-22)16-4-2-1-3-14(16)20/h1-6,11H,7-10,12H2,(H,21,25). The van der Waals surface area contributed by atoms with Crippen molar-refractivity contribution in [2.24, 2.45) is 0 Å². The average molecular weight is 409 g/mol. The summed E-state index contributed by atoms with van der Waals surface area (Å²) < 4.78 is 0. The van der Waals surface area contributed by atoms with E-state index in [4.69, 9.17) is 23.2 Å². The molecule has 1 heterocycles. The van der Waals surface area contributed by atoms with Crippen LogP contribution in [0.4, 0.5) is 17.1 Å². The second-order valence-corrected chi connectivity index (χ2v) is 7.03. The molecule has 0 aliphatic carbocycles. The maximum absolute atomic E-state index is 12.3. The Morgan fingerprint density at radius 1 is 1.11 bits per heavy atom. The van der Waals surface area contributed by atoms with Crippen molar-refractivity contribution >= 4 is 46.2 Å². The fraction of sp³-hybridized carbons (Fsp3) is 0.278. The number of nitro groups is 1. The fourth-order valence-electron chi connectivity index (χ4n) is 3.01. The number of amides is 1. The third-order valence-corrected chi connectivity index (χ3v) is 4.92. The van der Waals surface area contributed by atoms with Crippen LogP contribution < -0.4 is 10.2 Å². The molecule has 3 rings (SSSR count). The highest BCUT2D eigenvalue weighted by atomic mass is 35.5. The minimum atomic E-state index is -0.566. The van der Waals surface area contributed by atoms with Gasteiger partial charge >= 0.3 is 0 Å². The lowest BCUT2D eigenvalue weighted by molar-refractivity contribution is -0.383. The predicted octanol–water partition coefficient (Wildman–Crippen LogP) is 3.66. The Kier molecular flexibility index (Phi) is 6.15. The summed E-state index contributed by atoms with van der Waals surface area (Å²) in [5, 5.41) is 14.7. The molecule has 0 unspecified atom stereocenters. The van der Waals surface area contributed by atoms with Crippen LogP contribution in [-0.2, 0) is 4.79 Å². The molecule has 0 radical (unpaired) electrons. The van der Waals surface area contributed by atoms with E-state index >= 15 is 0 Å². The van der Waals surface area contributed by atoms with E-state index in [1.165, 1.54) is 18.2 Å². The summed E-state index contributed by atoms with van der Waals surface area (Å²) in [4.78, 5) is 27.0. The van der Waals surface area contributed by atoms with Crippen LogP contribution in [0, 0.1) is 10.1 Å². The number of nitro benzene ring substituents is 1. The zero-order chi connectivity index (χ0) is 19.4. The van der Waals surface area contributed by atoms with Gasteiger partial charge in [0.05, 0.1) is 22.2 Å². The van der Waals surface area contributed by atoms with Gasteiger partial charge < -0.3 is 10.2 Å². The first-order valence-electron chi connectivity index (χ1n) is 8.39. The summed E-state index contributed by atoms with van der Waals surface area (Å²) in [6.07, 6.45) is 0. The van der Waals surface area contributed by atoms with Crippen LogP contribution in [0.3, 0.4) is 0 Å². The molecule has 1 aliphatic heterocycles. The lowest BCUT2D eigenvalue weighted by Crippen LogP contribution is -2.48. The third-order valence-electron chi connectivity index (χ3n) is 4.36. The number of anilines is 2. The Balaban J connectivity index is 1.56. The maximum atomic E-state index is 12.3. The van der Waals surface area contributed by atoms with E-state index < -0.39 is 4.92 Å². The van der Waals surface area contributed by atoms with Gasteiger partial charge in [0.1, 0.15) is 5.69 Å². The number of piperazine rings is 1. The topological polar surface area (TPSA) is 78.7 Å². The van der Waals surface area contributed by atoms with Gasteiger partial charge in [-0.15, -0.1) is 0 Å². The Bertz CT molecular complexity index is 854. The van der Waals surface area contributed by atoms with Crippen molar-refractivity contribution in [1.82, 2.24) is 4.90 Å². The lowest BCUT2D eigenvalue weighted by atomic mass is 10.2. The lowest BCUT2D eigenvalue weighted by Gasteiger charge is -2.36. The van der Waals surface area contributed by atoms with Crippen LogP contribution in [-0.4, -0.2) is 48.5 Å². The van der Waals surface area contributed by atoms with Crippen molar-refractivity contribution in [3.05, 3.63) is 62.6 Å². The Labute approximate surface area is 166 Å². The van der Waals surface area contributed by atoms with E-state index in [-0.39, 0.29) is 28.8 Å². The van der Waals surface area contributed by atoms with Crippen molar-refractivity contribution in [2.45, 2.75) is 0 Å². The zero-order valence-corrected chi connectivity index (χ0v) is 15.9. The van der Waals surface area contributed by atoms with Gasteiger partial charge in [0, 0.05) is 37.3 Å². The number of nitrogens with zero attached hydrogens (tertiary/aromatic N) is 3. The Hall–Kier alpha value is -2.35. The quantitative estimate of drug-likeness (QED) is 0.602. The summed E-state index contributed by atoms with van der Waals surface area (Å²) in [6, 6.07) is 11.8. The summed E-state index contributed by atoms with van der Waals surface area (Å²) in [5.74, 6) is -0.299. The highest BCUT2D eigenvalue weighted by molar-refractivity contribution is 6.33. The van der Waals surface area contributed by atoms with Gasteiger partial charge in [-0.3, -0.25) is 19.8 Å². The molecule has 0 aromatic heterocycles. The molecule has 1 amide bonds. The second-order valence-electron chi connectivity index (χ2n) is 6.18. The van der Waals surface area contributed by atoms with Crippen molar-refractivity contribution in [3.63, 3.8) is 0 Å². The SMILES string of the molecule is O=C(CN1CCN(c2ccccc2Cl)CC1)Nc1ccc(Cl)cc1[N+](=O)[O-]. The third kappa shape index (κ3) is 4.88. The van der Waals surface area contributed by atoms with Crippen LogP contribution in [0.25, 0.3) is 0 Å². The van der Waals surface area contributed by atoms with E-state index in [0.29, 0.717) is 18.1 Å². The Morgan fingerprint density at radius 3 is 2.48 bits per heavy atom. The van der Waals surface area contributed by atoms with Crippen LogP contribution in [0.1, 0.15) is 0 Å². The molecule has 1 saturated heterocycles. The molecule has 0 spiro atoms. The van der Waals surface area contributed by atoms with Crippen molar-refractivity contribution in [2.75, 3.05) is 42.9 Å². The zero-order valence-electron chi connectivity index (χ0n) is 14.4. The molecule has 0 bridgehead atoms. The second kappa shape index (κ2) is 8.56. The Morgan fingerprint density at radius 2 is 1.81 bits per heavy atom. The number of benzene rings is 2. The number of rotatable bonds is 5. The summed E-state index contributed by atoms with van der Waals surface area (Å²) in [6.45, 7) is 3.05. The molecule has 27 heavy (non-hydrogen) atoms. The molecule has 2 aromatic carbocycles. The molecular weight excluding hydrogens is 391 g/mol. The summed E-state index contributed by atoms with van der Waals surface area (Å²) >= 11 is 12.0. The number of carbonyl (C=O) groups is 1. The van der Waals surface area contributed by atoms with E-state index in [2.05, 4.69) is 10.2 Å². The molecule has 1 aliphatic rings. The van der Waals surface area contributed by atoms with Gasteiger partial charge in [0.25, 0.3) is 5.69 Å². The van der Waals surface area contributed by atoms with Gasteiger partial charge in [-0.05, 0) is 24.3 Å². The number of carbonyl (C=O) groups excluding carboxylic acids is 1. The van der Waals surface area contributed by atoms with E-state index in [1.807, 2.05) is 29.2 Å². The first-order chi connectivity index (χ1) is 12.9. The molecule has 0 atom stereocenters. The molecule has 1 fully saturated rings. The molecule has 9 heteroatoms. The number of hydrogen-bond acceptors (Lipinski definition) is 5. The van der Waals surface area contributed by atoms with Gasteiger partial charge in [0.2, 0.25) is 5.91 Å². The molecular formula is C18H18Cl2N4O3. The van der Waals surface area contributed by atoms with Crippen LogP contribution >= 0.6 is 23.2 Å². The molecule has 7 nitrogen and oxygen atoms in total. The maximum Gasteiger partial charge on any atom is 0.294 e. The largest absolute Gasteiger partial charge is 0.368 e. The van der Waals surface area contributed by atoms with Crippen molar-refractivity contribution in [3.8, 4) is 0 Å². The molecule has 2 aromatic rings. The number of hydrogen-bond donors (Lipinski definition) is 1. The molecule has 0 saturated carbocycles. The predicted molar refractivity (Wildman–Crippen MR) is 107 cm³/mol. The first-order valence-corrected chi connectivity index (χ1v) is 9.15. The number of para-hydroxylation sites is 1. The first kappa shape index (κ1) is 19.4. The van der Waals surface area contributed by atoms with E-state index in [9.17, 15) is 14.9 Å². The summed E-state index contributed by atoms with van der Waals surface area (Å²) in [7, 11) is 0. The molecule has 1 N–H and O–H groups in total. The van der Waals surface area contributed by atoms with Crippen LogP contribution in [0.15, 0.2) is 42.5 Å². The van der Waals surface area contributed by atoms with Crippen molar-refractivity contribution < 1.29 is 9.72 Å². The minimum absolute atomic E-state index is 0.143. The molecule has 142 valence electrons. The summed E-state index contributed by atoms with van der Waals surface area (Å²) in [5.41, 5.74) is 0.906. The van der Waals surface area contributed by atoms with Gasteiger partial charge in [-0.25, -0.2) is 0 Å². The van der Waals surface area contributed by atoms with E-state index in [0.717, 1.165) is 18.8 Å². The van der Waals surface area contributed by atoms with Crippen LogP contribution in [0.5, 0.6) is 0 Å². The van der Waals surface area contributed by atoms with Gasteiger partial charge in [-0.2, -0.15) is 0 Å². The van der Waals surface area contributed by atoms with Gasteiger partial charge in [0.15, 0.2) is 0 Å². The highest BCUT2D eigenvalue weighted by Gasteiger charge is 2.22. The van der Waals surface area contributed by atoms with E-state index in [1.54, 1.807) is 0 Å². The highest BCUT2D eigenvalue weighted by Crippen LogP contribution is 2.28. The van der Waals surface area contributed by atoms with Crippen molar-refractivity contribution in [1.29, 1.82) is 0 Å².